The SMILES string of the molecule is Cc1cc(-n2c(C)cc(C=CC(=O)N3CCN(C4CCS(=O)(=O)C4)CC3)c2C)no1. The van der Waals surface area contributed by atoms with Crippen molar-refractivity contribution in [1.82, 2.24) is 19.5 Å². The van der Waals surface area contributed by atoms with Crippen LogP contribution in [0.1, 0.15) is 29.1 Å². The van der Waals surface area contributed by atoms with E-state index in [9.17, 15) is 13.2 Å². The zero-order chi connectivity index (χ0) is 21.5. The minimum atomic E-state index is -2.88. The van der Waals surface area contributed by atoms with E-state index in [0.717, 1.165) is 41.6 Å². The summed E-state index contributed by atoms with van der Waals surface area (Å²) in [5.74, 6) is 2.00. The maximum atomic E-state index is 12.7. The Bertz CT molecular complexity index is 1070. The van der Waals surface area contributed by atoms with E-state index in [0.29, 0.717) is 19.5 Å². The zero-order valence-corrected chi connectivity index (χ0v) is 18.5. The average Bonchev–Trinajstić information content (AvgIpc) is 3.37. The van der Waals surface area contributed by atoms with E-state index in [4.69, 9.17) is 4.52 Å². The Morgan fingerprint density at radius 1 is 1.17 bits per heavy atom. The van der Waals surface area contributed by atoms with Crippen molar-refractivity contribution in [2.24, 2.45) is 0 Å². The molecule has 0 spiro atoms. The Hall–Kier alpha value is -2.39. The fraction of sp³-hybridized carbons (Fsp3) is 0.524. The van der Waals surface area contributed by atoms with Gasteiger partial charge in [-0.25, -0.2) is 8.42 Å². The third-order valence-corrected chi connectivity index (χ3v) is 7.82. The van der Waals surface area contributed by atoms with Gasteiger partial charge >= 0.3 is 0 Å². The number of aryl methyl sites for hydroxylation is 2. The molecule has 0 aromatic carbocycles. The van der Waals surface area contributed by atoms with Gasteiger partial charge in [-0.2, -0.15) is 0 Å². The summed E-state index contributed by atoms with van der Waals surface area (Å²) in [6.45, 7) is 8.54. The summed E-state index contributed by atoms with van der Waals surface area (Å²) < 4.78 is 30.6. The Kier molecular flexibility index (Phi) is 5.59. The molecule has 4 rings (SSSR count). The molecule has 0 bridgehead atoms. The predicted molar refractivity (Wildman–Crippen MR) is 114 cm³/mol. The van der Waals surface area contributed by atoms with E-state index in [-0.39, 0.29) is 23.5 Å². The molecule has 2 fully saturated rings. The summed E-state index contributed by atoms with van der Waals surface area (Å²) in [5.41, 5.74) is 2.99. The van der Waals surface area contributed by atoms with Crippen LogP contribution in [-0.4, -0.2) is 77.6 Å². The van der Waals surface area contributed by atoms with E-state index in [1.54, 1.807) is 6.08 Å². The molecule has 2 aliphatic heterocycles. The highest BCUT2D eigenvalue weighted by Gasteiger charge is 2.34. The van der Waals surface area contributed by atoms with Gasteiger partial charge in [-0.05, 0) is 44.9 Å². The van der Waals surface area contributed by atoms with Crippen LogP contribution in [0.25, 0.3) is 11.9 Å². The van der Waals surface area contributed by atoms with Crippen molar-refractivity contribution in [1.29, 1.82) is 0 Å². The second-order valence-corrected chi connectivity index (χ2v) is 10.4. The van der Waals surface area contributed by atoms with Crippen molar-refractivity contribution in [3.63, 3.8) is 0 Å². The van der Waals surface area contributed by atoms with Gasteiger partial charge in [-0.3, -0.25) is 14.3 Å². The number of carbonyl (C=O) groups is 1. The van der Waals surface area contributed by atoms with E-state index < -0.39 is 9.84 Å². The van der Waals surface area contributed by atoms with E-state index in [1.807, 2.05) is 48.4 Å². The molecule has 2 aromatic rings. The molecular formula is C21H28N4O4S. The number of sulfone groups is 1. The lowest BCUT2D eigenvalue weighted by molar-refractivity contribution is -0.127. The number of aromatic nitrogens is 2. The van der Waals surface area contributed by atoms with Gasteiger partial charge in [-0.1, -0.05) is 5.16 Å². The number of rotatable bonds is 4. The minimum absolute atomic E-state index is 0.0178. The molecule has 4 heterocycles. The molecule has 1 unspecified atom stereocenters. The van der Waals surface area contributed by atoms with Crippen molar-refractivity contribution in [3.8, 4) is 5.82 Å². The van der Waals surface area contributed by atoms with Crippen molar-refractivity contribution >= 4 is 21.8 Å². The topological polar surface area (TPSA) is 88.7 Å². The Labute approximate surface area is 177 Å². The highest BCUT2D eigenvalue weighted by atomic mass is 32.2. The highest BCUT2D eigenvalue weighted by molar-refractivity contribution is 7.91. The third kappa shape index (κ3) is 4.22. The number of piperazine rings is 1. The van der Waals surface area contributed by atoms with Crippen LogP contribution in [0.15, 0.2) is 22.7 Å². The van der Waals surface area contributed by atoms with E-state index in [2.05, 4.69) is 10.1 Å². The Morgan fingerprint density at radius 3 is 2.50 bits per heavy atom. The van der Waals surface area contributed by atoms with Gasteiger partial charge in [0.2, 0.25) is 5.91 Å². The van der Waals surface area contributed by atoms with Crippen molar-refractivity contribution < 1.29 is 17.7 Å². The van der Waals surface area contributed by atoms with Crippen LogP contribution in [0.5, 0.6) is 0 Å². The first kappa shape index (κ1) is 20.9. The Morgan fingerprint density at radius 2 is 1.90 bits per heavy atom. The molecule has 162 valence electrons. The molecule has 2 aromatic heterocycles. The molecule has 2 saturated heterocycles. The minimum Gasteiger partial charge on any atom is -0.360 e. The molecule has 0 saturated carbocycles. The average molecular weight is 433 g/mol. The highest BCUT2D eigenvalue weighted by Crippen LogP contribution is 2.22. The molecule has 1 amide bonds. The summed E-state index contributed by atoms with van der Waals surface area (Å²) in [7, 11) is -2.88. The maximum Gasteiger partial charge on any atom is 0.246 e. The molecule has 0 N–H and O–H groups in total. The Balaban J connectivity index is 1.38. The maximum absolute atomic E-state index is 12.7. The second kappa shape index (κ2) is 8.03. The lowest BCUT2D eigenvalue weighted by Crippen LogP contribution is -2.52. The number of nitrogens with zero attached hydrogens (tertiary/aromatic N) is 4. The summed E-state index contributed by atoms with van der Waals surface area (Å²) in [6, 6.07) is 4.02. The van der Waals surface area contributed by atoms with Crippen LogP contribution in [0.2, 0.25) is 0 Å². The van der Waals surface area contributed by atoms with Crippen LogP contribution in [-0.2, 0) is 14.6 Å². The molecule has 30 heavy (non-hydrogen) atoms. The van der Waals surface area contributed by atoms with Crippen LogP contribution in [0, 0.1) is 20.8 Å². The lowest BCUT2D eigenvalue weighted by atomic mass is 10.2. The molecule has 0 aliphatic carbocycles. The standard InChI is InChI=1S/C21H28N4O4S/c1-15-12-18(17(3)25(15)20-13-16(2)29-22-20)4-5-21(26)24-9-7-23(8-10-24)19-6-11-30(27,28)14-19/h4-5,12-13,19H,6-11,14H2,1-3H3. The molecular weight excluding hydrogens is 404 g/mol. The smallest absolute Gasteiger partial charge is 0.246 e. The van der Waals surface area contributed by atoms with Gasteiger partial charge in [0.1, 0.15) is 5.76 Å². The van der Waals surface area contributed by atoms with Gasteiger partial charge in [0.15, 0.2) is 15.7 Å². The molecule has 2 aliphatic rings. The second-order valence-electron chi connectivity index (χ2n) is 8.21. The van der Waals surface area contributed by atoms with Gasteiger partial charge < -0.3 is 9.42 Å². The number of carbonyl (C=O) groups excluding carboxylic acids is 1. The van der Waals surface area contributed by atoms with Crippen LogP contribution >= 0.6 is 0 Å². The van der Waals surface area contributed by atoms with Crippen LogP contribution < -0.4 is 0 Å². The van der Waals surface area contributed by atoms with Gasteiger partial charge in [0, 0.05) is 55.8 Å². The van der Waals surface area contributed by atoms with E-state index >= 15 is 0 Å². The first-order valence-electron chi connectivity index (χ1n) is 10.3. The number of hydrogen-bond donors (Lipinski definition) is 0. The van der Waals surface area contributed by atoms with Crippen molar-refractivity contribution in [2.75, 3.05) is 37.7 Å². The summed E-state index contributed by atoms with van der Waals surface area (Å²) in [5, 5.41) is 4.08. The largest absolute Gasteiger partial charge is 0.360 e. The monoisotopic (exact) mass is 432 g/mol. The number of amides is 1. The molecule has 1 atom stereocenters. The van der Waals surface area contributed by atoms with Gasteiger partial charge in [0.25, 0.3) is 0 Å². The fourth-order valence-electron chi connectivity index (χ4n) is 4.40. The molecule has 0 radical (unpaired) electrons. The lowest BCUT2D eigenvalue weighted by Gasteiger charge is -2.37. The summed E-state index contributed by atoms with van der Waals surface area (Å²) in [4.78, 5) is 16.7. The van der Waals surface area contributed by atoms with Gasteiger partial charge in [0.05, 0.1) is 11.5 Å². The van der Waals surface area contributed by atoms with Crippen LogP contribution in [0.4, 0.5) is 0 Å². The van der Waals surface area contributed by atoms with Crippen LogP contribution in [0.3, 0.4) is 0 Å². The number of hydrogen-bond acceptors (Lipinski definition) is 6. The fourth-order valence-corrected chi connectivity index (χ4v) is 6.17. The first-order chi connectivity index (χ1) is 14.2. The van der Waals surface area contributed by atoms with Gasteiger partial charge in [-0.15, -0.1) is 0 Å². The van der Waals surface area contributed by atoms with Crippen molar-refractivity contribution in [3.05, 3.63) is 40.9 Å². The normalized spacial score (nSPS) is 22.2. The quantitative estimate of drug-likeness (QED) is 0.684. The summed E-state index contributed by atoms with van der Waals surface area (Å²) in [6.07, 6.45) is 4.18. The van der Waals surface area contributed by atoms with Crippen molar-refractivity contribution in [2.45, 2.75) is 33.2 Å². The molecule has 9 heteroatoms. The zero-order valence-electron chi connectivity index (χ0n) is 17.7. The first-order valence-corrected chi connectivity index (χ1v) is 12.1. The van der Waals surface area contributed by atoms with E-state index in [1.165, 1.54) is 0 Å². The third-order valence-electron chi connectivity index (χ3n) is 6.07. The predicted octanol–water partition coefficient (Wildman–Crippen LogP) is 1.74. The summed E-state index contributed by atoms with van der Waals surface area (Å²) >= 11 is 0. The molecule has 8 nitrogen and oxygen atoms in total.